The van der Waals surface area contributed by atoms with Gasteiger partial charge in [-0.2, -0.15) is 0 Å². The van der Waals surface area contributed by atoms with Crippen LogP contribution in [0.15, 0.2) is 48.5 Å². The molecule has 1 unspecified atom stereocenters. The molecule has 28 heavy (non-hydrogen) atoms. The van der Waals surface area contributed by atoms with Gasteiger partial charge in [0.1, 0.15) is 11.5 Å². The first-order valence-corrected chi connectivity index (χ1v) is 9.88. The van der Waals surface area contributed by atoms with Gasteiger partial charge in [0.05, 0.1) is 18.8 Å². The number of nitrogens with zero attached hydrogens (tertiary/aromatic N) is 1. The molecular weight excluding hydrogens is 374 g/mol. The number of anilines is 2. The van der Waals surface area contributed by atoms with E-state index in [0.29, 0.717) is 30.6 Å². The fourth-order valence-electron chi connectivity index (χ4n) is 2.92. The summed E-state index contributed by atoms with van der Waals surface area (Å²) >= 11 is 5.64. The van der Waals surface area contributed by atoms with Crippen LogP contribution in [0.1, 0.15) is 20.3 Å². The van der Waals surface area contributed by atoms with Crippen molar-refractivity contribution >= 4 is 34.6 Å². The zero-order valence-corrected chi connectivity index (χ0v) is 16.9. The van der Waals surface area contributed by atoms with Crippen molar-refractivity contribution in [2.75, 3.05) is 29.9 Å². The Morgan fingerprint density at radius 1 is 1.21 bits per heavy atom. The van der Waals surface area contributed by atoms with Crippen LogP contribution in [0, 0.1) is 0 Å². The summed E-state index contributed by atoms with van der Waals surface area (Å²) in [7, 11) is 0. The zero-order valence-electron chi connectivity index (χ0n) is 16.1. The monoisotopic (exact) mass is 399 g/mol. The van der Waals surface area contributed by atoms with Gasteiger partial charge in [0.25, 0.3) is 5.91 Å². The molecule has 1 heterocycles. The van der Waals surface area contributed by atoms with Gasteiger partial charge in [-0.05, 0) is 62.0 Å². The summed E-state index contributed by atoms with van der Waals surface area (Å²) in [6, 6.07) is 15.2. The first-order chi connectivity index (χ1) is 13.6. The predicted molar refractivity (Wildman–Crippen MR) is 115 cm³/mol. The van der Waals surface area contributed by atoms with E-state index in [1.54, 1.807) is 0 Å². The van der Waals surface area contributed by atoms with Gasteiger partial charge in [0.2, 0.25) is 0 Å². The molecule has 1 amide bonds. The van der Waals surface area contributed by atoms with Crippen molar-refractivity contribution in [1.29, 1.82) is 0 Å². The summed E-state index contributed by atoms with van der Waals surface area (Å²) in [6.07, 6.45) is 0.248. The first kappa shape index (κ1) is 19.9. The Morgan fingerprint density at radius 3 is 2.68 bits per heavy atom. The molecule has 2 N–H and O–H groups in total. The standard InChI is InChI=1S/C21H25N3O3S/c1-3-13-22-20(25)19-14-24(17-7-5-6-8-18(17)27-19)21(28)23-15-9-11-16(12-10-15)26-4-2/h5-12,19H,3-4,13-14H2,1-2H3,(H,22,25)(H,23,28). The molecule has 7 heteroatoms. The molecular formula is C21H25N3O3S. The zero-order chi connectivity index (χ0) is 19.9. The third-order valence-corrected chi connectivity index (χ3v) is 4.60. The minimum atomic E-state index is -0.624. The number of nitrogens with one attached hydrogen (secondary N) is 2. The Bertz CT molecular complexity index is 826. The van der Waals surface area contributed by atoms with Crippen LogP contribution in [0.3, 0.4) is 0 Å². The van der Waals surface area contributed by atoms with Crippen LogP contribution >= 0.6 is 12.2 Å². The van der Waals surface area contributed by atoms with E-state index in [0.717, 1.165) is 23.5 Å². The smallest absolute Gasteiger partial charge is 0.262 e. The molecule has 0 fully saturated rings. The van der Waals surface area contributed by atoms with E-state index in [4.69, 9.17) is 21.7 Å². The van der Waals surface area contributed by atoms with Crippen molar-refractivity contribution in [3.63, 3.8) is 0 Å². The van der Waals surface area contributed by atoms with Gasteiger partial charge in [-0.1, -0.05) is 19.1 Å². The average molecular weight is 400 g/mol. The van der Waals surface area contributed by atoms with Gasteiger partial charge in [-0.15, -0.1) is 0 Å². The summed E-state index contributed by atoms with van der Waals surface area (Å²) in [5.41, 5.74) is 1.69. The molecule has 1 atom stereocenters. The topological polar surface area (TPSA) is 62.8 Å². The SMILES string of the molecule is CCCNC(=O)C1CN(C(=S)Nc2ccc(OCC)cc2)c2ccccc2O1. The van der Waals surface area contributed by atoms with E-state index in [-0.39, 0.29) is 5.91 Å². The second-order valence-corrected chi connectivity index (χ2v) is 6.75. The van der Waals surface area contributed by atoms with E-state index < -0.39 is 6.10 Å². The van der Waals surface area contributed by atoms with Gasteiger partial charge in [0.15, 0.2) is 11.2 Å². The maximum Gasteiger partial charge on any atom is 0.262 e. The molecule has 1 aliphatic heterocycles. The highest BCUT2D eigenvalue weighted by molar-refractivity contribution is 7.80. The summed E-state index contributed by atoms with van der Waals surface area (Å²) in [5.74, 6) is 1.31. The lowest BCUT2D eigenvalue weighted by atomic mass is 10.2. The number of ether oxygens (including phenoxy) is 2. The number of carbonyl (C=O) groups is 1. The number of hydrogen-bond donors (Lipinski definition) is 2. The van der Waals surface area contributed by atoms with Crippen LogP contribution in [-0.2, 0) is 4.79 Å². The average Bonchev–Trinajstić information content (AvgIpc) is 2.72. The maximum atomic E-state index is 12.5. The number of amides is 1. The van der Waals surface area contributed by atoms with E-state index in [1.165, 1.54) is 0 Å². The molecule has 0 saturated heterocycles. The Balaban J connectivity index is 1.76. The number of carbonyl (C=O) groups excluding carboxylic acids is 1. The first-order valence-electron chi connectivity index (χ1n) is 9.47. The molecule has 148 valence electrons. The van der Waals surface area contributed by atoms with E-state index >= 15 is 0 Å². The Labute approximate surface area is 170 Å². The molecule has 2 aromatic carbocycles. The van der Waals surface area contributed by atoms with Crippen molar-refractivity contribution in [3.8, 4) is 11.5 Å². The highest BCUT2D eigenvalue weighted by Gasteiger charge is 2.32. The molecule has 3 rings (SSSR count). The van der Waals surface area contributed by atoms with E-state index in [2.05, 4.69) is 10.6 Å². The second kappa shape index (κ2) is 9.41. The number of rotatable bonds is 6. The molecule has 0 saturated carbocycles. The third-order valence-electron chi connectivity index (χ3n) is 4.28. The van der Waals surface area contributed by atoms with Crippen molar-refractivity contribution in [3.05, 3.63) is 48.5 Å². The summed E-state index contributed by atoms with van der Waals surface area (Å²) < 4.78 is 11.4. The van der Waals surface area contributed by atoms with Crippen LogP contribution in [0.4, 0.5) is 11.4 Å². The lowest BCUT2D eigenvalue weighted by Gasteiger charge is -2.35. The highest BCUT2D eigenvalue weighted by atomic mass is 32.1. The Hall–Kier alpha value is -2.80. The lowest BCUT2D eigenvalue weighted by molar-refractivity contribution is -0.127. The molecule has 6 nitrogen and oxygen atoms in total. The minimum Gasteiger partial charge on any atom is -0.494 e. The van der Waals surface area contributed by atoms with Crippen LogP contribution in [0.2, 0.25) is 0 Å². The summed E-state index contributed by atoms with van der Waals surface area (Å²) in [5, 5.41) is 6.64. The Morgan fingerprint density at radius 2 is 1.96 bits per heavy atom. The van der Waals surface area contributed by atoms with Crippen molar-refractivity contribution in [2.45, 2.75) is 26.4 Å². The van der Waals surface area contributed by atoms with Crippen LogP contribution < -0.4 is 25.0 Å². The quantitative estimate of drug-likeness (QED) is 0.724. The second-order valence-electron chi connectivity index (χ2n) is 6.36. The fraction of sp³-hybridized carbons (Fsp3) is 0.333. The fourth-order valence-corrected chi connectivity index (χ4v) is 3.21. The molecule has 0 spiro atoms. The van der Waals surface area contributed by atoms with Gasteiger partial charge in [-0.25, -0.2) is 0 Å². The summed E-state index contributed by atoms with van der Waals surface area (Å²) in [4.78, 5) is 14.4. The maximum absolute atomic E-state index is 12.5. The largest absolute Gasteiger partial charge is 0.494 e. The molecule has 2 aromatic rings. The molecule has 1 aliphatic rings. The van der Waals surface area contributed by atoms with E-state index in [9.17, 15) is 4.79 Å². The minimum absolute atomic E-state index is 0.134. The highest BCUT2D eigenvalue weighted by Crippen LogP contribution is 2.33. The number of para-hydroxylation sites is 2. The van der Waals surface area contributed by atoms with Crippen molar-refractivity contribution < 1.29 is 14.3 Å². The summed E-state index contributed by atoms with van der Waals surface area (Å²) in [6.45, 7) is 5.55. The normalized spacial score (nSPS) is 15.2. The number of thiocarbonyl (C=S) groups is 1. The van der Waals surface area contributed by atoms with Gasteiger partial charge >= 0.3 is 0 Å². The molecule has 0 bridgehead atoms. The lowest BCUT2D eigenvalue weighted by Crippen LogP contribution is -2.51. The van der Waals surface area contributed by atoms with Crippen LogP contribution in [0.5, 0.6) is 11.5 Å². The Kier molecular flexibility index (Phi) is 6.71. The van der Waals surface area contributed by atoms with Crippen LogP contribution in [-0.4, -0.2) is 36.8 Å². The van der Waals surface area contributed by atoms with E-state index in [1.807, 2.05) is 67.3 Å². The van der Waals surface area contributed by atoms with Gasteiger partial charge in [0, 0.05) is 12.2 Å². The predicted octanol–water partition coefficient (Wildman–Crippen LogP) is 3.58. The molecule has 0 aliphatic carbocycles. The molecule has 0 radical (unpaired) electrons. The number of fused-ring (bicyclic) bond motifs is 1. The van der Waals surface area contributed by atoms with Crippen molar-refractivity contribution in [1.82, 2.24) is 5.32 Å². The van der Waals surface area contributed by atoms with Crippen LogP contribution in [0.25, 0.3) is 0 Å². The van der Waals surface area contributed by atoms with Crippen molar-refractivity contribution in [2.24, 2.45) is 0 Å². The third kappa shape index (κ3) is 4.72. The van der Waals surface area contributed by atoms with Gasteiger partial charge < -0.3 is 25.0 Å². The number of hydrogen-bond acceptors (Lipinski definition) is 4. The molecule has 0 aromatic heterocycles. The number of benzene rings is 2. The van der Waals surface area contributed by atoms with Gasteiger partial charge in [-0.3, -0.25) is 4.79 Å².